The summed E-state index contributed by atoms with van der Waals surface area (Å²) in [6.45, 7) is 4.01. The van der Waals surface area contributed by atoms with E-state index in [0.717, 1.165) is 45.4 Å². The molecule has 1 saturated heterocycles. The highest BCUT2D eigenvalue weighted by molar-refractivity contribution is 5.15. The van der Waals surface area contributed by atoms with Crippen molar-refractivity contribution in [1.29, 1.82) is 0 Å². The van der Waals surface area contributed by atoms with E-state index in [-0.39, 0.29) is 6.10 Å². The molecule has 5 nitrogen and oxygen atoms in total. The third kappa shape index (κ3) is 4.15. The molecule has 0 bridgehead atoms. The van der Waals surface area contributed by atoms with Crippen LogP contribution in [0.4, 0.5) is 0 Å². The molecular formula is C17H24N4O. The zero-order valence-electron chi connectivity index (χ0n) is 12.9. The van der Waals surface area contributed by atoms with Crippen molar-refractivity contribution in [3.8, 4) is 0 Å². The van der Waals surface area contributed by atoms with Gasteiger partial charge in [-0.2, -0.15) is 5.10 Å². The summed E-state index contributed by atoms with van der Waals surface area (Å²) in [4.78, 5) is 6.41. The Kier molecular flexibility index (Phi) is 5.19. The summed E-state index contributed by atoms with van der Waals surface area (Å²) in [5.74, 6) is 0.419. The van der Waals surface area contributed by atoms with Crippen molar-refractivity contribution in [1.82, 2.24) is 19.7 Å². The molecule has 1 N–H and O–H groups in total. The van der Waals surface area contributed by atoms with E-state index >= 15 is 0 Å². The molecule has 2 aromatic rings. The number of rotatable bonds is 6. The first-order chi connectivity index (χ1) is 10.8. The number of nitrogens with zero attached hydrogens (tertiary/aromatic N) is 4. The van der Waals surface area contributed by atoms with Crippen LogP contribution in [0, 0.1) is 5.92 Å². The number of aromatic nitrogens is 3. The second-order valence-corrected chi connectivity index (χ2v) is 6.09. The maximum Gasteiger partial charge on any atom is 0.137 e. The fourth-order valence-corrected chi connectivity index (χ4v) is 3.18. The van der Waals surface area contributed by atoms with Gasteiger partial charge >= 0.3 is 0 Å². The first-order valence-corrected chi connectivity index (χ1v) is 8.08. The summed E-state index contributed by atoms with van der Waals surface area (Å²) >= 11 is 0. The van der Waals surface area contributed by atoms with E-state index in [9.17, 15) is 5.11 Å². The van der Waals surface area contributed by atoms with Gasteiger partial charge in [-0.15, -0.1) is 0 Å². The Balaban J connectivity index is 1.41. The summed E-state index contributed by atoms with van der Waals surface area (Å²) in [5.41, 5.74) is 1.23. The average molecular weight is 300 g/mol. The Hall–Kier alpha value is -1.72. The van der Waals surface area contributed by atoms with Crippen molar-refractivity contribution in [2.45, 2.75) is 31.9 Å². The molecule has 118 valence electrons. The highest BCUT2D eigenvalue weighted by Crippen LogP contribution is 2.23. The van der Waals surface area contributed by atoms with E-state index in [1.165, 1.54) is 5.56 Å². The standard InChI is InChI=1S/C17H24N4O/c22-17(12-15-4-2-1-3-5-15)16-6-8-20(9-7-16)10-11-21-14-18-13-19-21/h1-5,13-14,16-17,22H,6-12H2/t17-/m1/s1. The zero-order chi connectivity index (χ0) is 15.2. The maximum atomic E-state index is 10.5. The molecule has 1 aromatic carbocycles. The molecule has 1 aromatic heterocycles. The van der Waals surface area contributed by atoms with E-state index in [4.69, 9.17) is 0 Å². The molecule has 0 saturated carbocycles. The van der Waals surface area contributed by atoms with Crippen LogP contribution in [0.25, 0.3) is 0 Å². The van der Waals surface area contributed by atoms with Crippen LogP contribution in [-0.4, -0.2) is 50.5 Å². The molecular weight excluding hydrogens is 276 g/mol. The van der Waals surface area contributed by atoms with E-state index in [2.05, 4.69) is 27.1 Å². The topological polar surface area (TPSA) is 54.2 Å². The average Bonchev–Trinajstić information content (AvgIpc) is 3.08. The molecule has 1 aliphatic rings. The predicted octanol–water partition coefficient (Wildman–Crippen LogP) is 1.59. The lowest BCUT2D eigenvalue weighted by Gasteiger charge is -2.34. The van der Waals surface area contributed by atoms with Gasteiger partial charge in [0.15, 0.2) is 0 Å². The maximum absolute atomic E-state index is 10.5. The molecule has 5 heteroatoms. The van der Waals surface area contributed by atoms with E-state index in [0.29, 0.717) is 5.92 Å². The SMILES string of the molecule is O[C@H](Cc1ccccc1)C1CCN(CCn2cncn2)CC1. The molecule has 1 atom stereocenters. The molecule has 1 aliphatic heterocycles. The molecule has 0 radical (unpaired) electrons. The van der Waals surface area contributed by atoms with E-state index in [1.54, 1.807) is 12.7 Å². The summed E-state index contributed by atoms with van der Waals surface area (Å²) in [6.07, 6.45) is 6.03. The summed E-state index contributed by atoms with van der Waals surface area (Å²) in [5, 5.41) is 14.6. The lowest BCUT2D eigenvalue weighted by Crippen LogP contribution is -2.39. The Morgan fingerprint density at radius 1 is 1.14 bits per heavy atom. The van der Waals surface area contributed by atoms with Crippen LogP contribution >= 0.6 is 0 Å². The zero-order valence-corrected chi connectivity index (χ0v) is 12.9. The van der Waals surface area contributed by atoms with Gasteiger partial charge in [-0.05, 0) is 43.8 Å². The Morgan fingerprint density at radius 3 is 2.59 bits per heavy atom. The van der Waals surface area contributed by atoms with Gasteiger partial charge in [-0.1, -0.05) is 30.3 Å². The van der Waals surface area contributed by atoms with Crippen molar-refractivity contribution in [3.63, 3.8) is 0 Å². The second-order valence-electron chi connectivity index (χ2n) is 6.09. The quantitative estimate of drug-likeness (QED) is 0.880. The van der Waals surface area contributed by atoms with Crippen LogP contribution in [0.2, 0.25) is 0 Å². The first kappa shape index (κ1) is 15.2. The van der Waals surface area contributed by atoms with Gasteiger partial charge in [0.05, 0.1) is 12.6 Å². The third-order valence-electron chi connectivity index (χ3n) is 4.58. The molecule has 0 unspecified atom stereocenters. The van der Waals surface area contributed by atoms with Gasteiger partial charge in [0, 0.05) is 6.54 Å². The highest BCUT2D eigenvalue weighted by Gasteiger charge is 2.25. The van der Waals surface area contributed by atoms with Crippen molar-refractivity contribution in [2.24, 2.45) is 5.92 Å². The first-order valence-electron chi connectivity index (χ1n) is 8.08. The van der Waals surface area contributed by atoms with Gasteiger partial charge in [0.2, 0.25) is 0 Å². The molecule has 0 aliphatic carbocycles. The minimum Gasteiger partial charge on any atom is -0.392 e. The van der Waals surface area contributed by atoms with Gasteiger partial charge < -0.3 is 10.0 Å². The molecule has 2 heterocycles. The lowest BCUT2D eigenvalue weighted by molar-refractivity contribution is 0.0585. The molecule has 0 spiro atoms. The Labute approximate surface area is 131 Å². The smallest absolute Gasteiger partial charge is 0.137 e. The van der Waals surface area contributed by atoms with Crippen molar-refractivity contribution in [3.05, 3.63) is 48.5 Å². The minimum atomic E-state index is -0.222. The van der Waals surface area contributed by atoms with Crippen LogP contribution in [0.3, 0.4) is 0 Å². The molecule has 0 amide bonds. The fraction of sp³-hybridized carbons (Fsp3) is 0.529. The number of likely N-dealkylation sites (tertiary alicyclic amines) is 1. The summed E-state index contributed by atoms with van der Waals surface area (Å²) in [6, 6.07) is 10.3. The normalized spacial score (nSPS) is 18.4. The predicted molar refractivity (Wildman–Crippen MR) is 85.3 cm³/mol. The van der Waals surface area contributed by atoms with E-state index < -0.39 is 0 Å². The van der Waals surface area contributed by atoms with Gasteiger partial charge in [0.1, 0.15) is 12.7 Å². The molecule has 3 rings (SSSR count). The van der Waals surface area contributed by atoms with Crippen LogP contribution in [0.15, 0.2) is 43.0 Å². The number of piperidine rings is 1. The van der Waals surface area contributed by atoms with Gasteiger partial charge in [0.25, 0.3) is 0 Å². The fourth-order valence-electron chi connectivity index (χ4n) is 3.18. The monoisotopic (exact) mass is 300 g/mol. The van der Waals surface area contributed by atoms with Crippen LogP contribution in [0.1, 0.15) is 18.4 Å². The van der Waals surface area contributed by atoms with Gasteiger partial charge in [-0.25, -0.2) is 4.98 Å². The largest absolute Gasteiger partial charge is 0.392 e. The number of aliphatic hydroxyl groups excluding tert-OH is 1. The van der Waals surface area contributed by atoms with Crippen LogP contribution < -0.4 is 0 Å². The van der Waals surface area contributed by atoms with Crippen molar-refractivity contribution < 1.29 is 5.11 Å². The number of hydrogen-bond donors (Lipinski definition) is 1. The molecule has 22 heavy (non-hydrogen) atoms. The number of hydrogen-bond acceptors (Lipinski definition) is 4. The van der Waals surface area contributed by atoms with Crippen molar-refractivity contribution >= 4 is 0 Å². The third-order valence-corrected chi connectivity index (χ3v) is 4.58. The summed E-state index contributed by atoms with van der Waals surface area (Å²) < 4.78 is 1.87. The lowest BCUT2D eigenvalue weighted by atomic mass is 9.88. The van der Waals surface area contributed by atoms with E-state index in [1.807, 2.05) is 22.9 Å². The van der Waals surface area contributed by atoms with Crippen LogP contribution in [-0.2, 0) is 13.0 Å². The second kappa shape index (κ2) is 7.51. The highest BCUT2D eigenvalue weighted by atomic mass is 16.3. The van der Waals surface area contributed by atoms with Gasteiger partial charge in [-0.3, -0.25) is 4.68 Å². The van der Waals surface area contributed by atoms with Crippen molar-refractivity contribution in [2.75, 3.05) is 19.6 Å². The Bertz CT molecular complexity index is 535. The minimum absolute atomic E-state index is 0.222. The number of benzene rings is 1. The Morgan fingerprint density at radius 2 is 1.91 bits per heavy atom. The molecule has 1 fully saturated rings. The number of aliphatic hydroxyl groups is 1. The summed E-state index contributed by atoms with van der Waals surface area (Å²) in [7, 11) is 0. The van der Waals surface area contributed by atoms with Crippen LogP contribution in [0.5, 0.6) is 0 Å².